The third-order valence-electron chi connectivity index (χ3n) is 4.32. The highest BCUT2D eigenvalue weighted by Crippen LogP contribution is 2.44. The molecule has 1 aliphatic heterocycles. The molecule has 110 valence electrons. The Hall–Kier alpha value is -1.58. The molecule has 2 rings (SSSR count). The molecule has 7 heteroatoms. The molecule has 0 bridgehead atoms. The fourth-order valence-corrected chi connectivity index (χ4v) is 3.11. The van der Waals surface area contributed by atoms with Crippen molar-refractivity contribution in [3.63, 3.8) is 0 Å². The van der Waals surface area contributed by atoms with E-state index in [1.165, 1.54) is 0 Å². The summed E-state index contributed by atoms with van der Waals surface area (Å²) in [5.41, 5.74) is 0. The Bertz CT molecular complexity index is 445. The van der Waals surface area contributed by atoms with E-state index in [0.717, 1.165) is 12.5 Å². The molecule has 1 saturated heterocycles. The third kappa shape index (κ3) is 2.39. The highest BCUT2D eigenvalue weighted by Gasteiger charge is 2.54. The molecule has 0 aromatic heterocycles. The zero-order chi connectivity index (χ0) is 15.1. The molecule has 1 heterocycles. The first-order valence-electron chi connectivity index (χ1n) is 6.61. The third-order valence-corrected chi connectivity index (χ3v) is 4.32. The van der Waals surface area contributed by atoms with Crippen molar-refractivity contribution in [3.05, 3.63) is 0 Å². The fraction of sp³-hybridized carbons (Fsp3) is 0.769. The van der Waals surface area contributed by atoms with Gasteiger partial charge in [0.2, 0.25) is 11.8 Å². The summed E-state index contributed by atoms with van der Waals surface area (Å²) in [4.78, 5) is 24.8. The van der Waals surface area contributed by atoms with E-state index in [9.17, 15) is 22.8 Å². The zero-order valence-electron chi connectivity index (χ0n) is 11.0. The van der Waals surface area contributed by atoms with Crippen molar-refractivity contribution in [2.45, 2.75) is 32.4 Å². The topological polar surface area (TPSA) is 61.2 Å². The van der Waals surface area contributed by atoms with Crippen molar-refractivity contribution in [1.29, 1.82) is 5.26 Å². The summed E-state index contributed by atoms with van der Waals surface area (Å²) in [7, 11) is 0. The van der Waals surface area contributed by atoms with Gasteiger partial charge in [-0.1, -0.05) is 13.3 Å². The van der Waals surface area contributed by atoms with Gasteiger partial charge >= 0.3 is 6.18 Å². The van der Waals surface area contributed by atoms with Crippen LogP contribution in [-0.4, -0.2) is 29.4 Å². The molecule has 0 radical (unpaired) electrons. The lowest BCUT2D eigenvalue weighted by Crippen LogP contribution is -2.40. The summed E-state index contributed by atoms with van der Waals surface area (Å²) in [5.74, 6) is -4.08. The van der Waals surface area contributed by atoms with Gasteiger partial charge in [-0.05, 0) is 18.8 Å². The Labute approximate surface area is 114 Å². The van der Waals surface area contributed by atoms with Gasteiger partial charge < -0.3 is 0 Å². The average molecular weight is 288 g/mol. The predicted octanol–water partition coefficient (Wildman–Crippen LogP) is 2.11. The van der Waals surface area contributed by atoms with Crippen molar-refractivity contribution in [2.24, 2.45) is 23.7 Å². The Morgan fingerprint density at radius 1 is 1.30 bits per heavy atom. The minimum absolute atomic E-state index is 0.287. The van der Waals surface area contributed by atoms with E-state index >= 15 is 0 Å². The number of nitrogens with zero attached hydrogens (tertiary/aromatic N) is 2. The van der Waals surface area contributed by atoms with Crippen LogP contribution in [0.1, 0.15) is 26.2 Å². The summed E-state index contributed by atoms with van der Waals surface area (Å²) in [5, 5.41) is 8.56. The van der Waals surface area contributed by atoms with E-state index in [1.54, 1.807) is 0 Å². The van der Waals surface area contributed by atoms with E-state index in [0.29, 0.717) is 17.7 Å². The number of hydrogen-bond donors (Lipinski definition) is 0. The lowest BCUT2D eigenvalue weighted by molar-refractivity contribution is -0.167. The maximum atomic E-state index is 12.6. The number of carbonyl (C=O) groups excluding carboxylic acids is 2. The number of fused-ring (bicyclic) bond motifs is 1. The van der Waals surface area contributed by atoms with Crippen LogP contribution in [0, 0.1) is 35.0 Å². The quantitative estimate of drug-likeness (QED) is 0.747. The molecule has 0 aromatic rings. The Morgan fingerprint density at radius 3 is 2.15 bits per heavy atom. The van der Waals surface area contributed by atoms with Gasteiger partial charge in [0, 0.05) is 0 Å². The van der Waals surface area contributed by atoms with Crippen molar-refractivity contribution < 1.29 is 22.8 Å². The maximum Gasteiger partial charge on any atom is 0.406 e. The van der Waals surface area contributed by atoms with Gasteiger partial charge in [-0.2, -0.15) is 18.4 Å². The molecule has 0 N–H and O–H groups in total. The first-order valence-corrected chi connectivity index (χ1v) is 6.61. The van der Waals surface area contributed by atoms with E-state index in [4.69, 9.17) is 5.26 Å². The minimum Gasteiger partial charge on any atom is -0.280 e. The van der Waals surface area contributed by atoms with E-state index < -0.39 is 42.3 Å². The smallest absolute Gasteiger partial charge is 0.280 e. The predicted molar refractivity (Wildman–Crippen MR) is 61.9 cm³/mol. The van der Waals surface area contributed by atoms with E-state index in [-0.39, 0.29) is 5.92 Å². The van der Waals surface area contributed by atoms with Gasteiger partial charge in [0.05, 0.1) is 24.4 Å². The molecule has 2 fully saturated rings. The van der Waals surface area contributed by atoms with Gasteiger partial charge in [0.25, 0.3) is 0 Å². The van der Waals surface area contributed by atoms with Gasteiger partial charge in [0.1, 0.15) is 0 Å². The van der Waals surface area contributed by atoms with E-state index in [1.807, 2.05) is 6.92 Å². The molecule has 2 aliphatic rings. The van der Waals surface area contributed by atoms with Gasteiger partial charge in [-0.15, -0.1) is 0 Å². The number of halogens is 3. The lowest BCUT2D eigenvalue weighted by atomic mass is 10.00. The molecule has 3 unspecified atom stereocenters. The maximum absolute atomic E-state index is 12.6. The van der Waals surface area contributed by atoms with Crippen LogP contribution in [0.4, 0.5) is 13.2 Å². The number of hydrogen-bond acceptors (Lipinski definition) is 3. The second kappa shape index (κ2) is 5.08. The molecular formula is C13H15F3N2O2. The number of rotatable bonds is 3. The fourth-order valence-electron chi connectivity index (χ4n) is 3.11. The monoisotopic (exact) mass is 288 g/mol. The van der Waals surface area contributed by atoms with Crippen LogP contribution in [0.15, 0.2) is 0 Å². The Kier molecular flexibility index (Phi) is 3.76. The summed E-state index contributed by atoms with van der Waals surface area (Å²) >= 11 is 0. The molecule has 3 atom stereocenters. The normalized spacial score (nSPS) is 31.4. The number of carbonyl (C=O) groups is 2. The molecule has 0 spiro atoms. The van der Waals surface area contributed by atoms with Crippen molar-refractivity contribution in [1.82, 2.24) is 4.90 Å². The molecule has 0 aromatic carbocycles. The SMILES string of the molecule is CCC1CC2C(=O)N(CC(C#N)C(F)(F)F)C(=O)C2C1. The summed E-state index contributed by atoms with van der Waals surface area (Å²) in [6, 6.07) is 1.12. The number of nitriles is 1. The van der Waals surface area contributed by atoms with Crippen LogP contribution < -0.4 is 0 Å². The number of alkyl halides is 3. The van der Waals surface area contributed by atoms with Crippen LogP contribution in [0.5, 0.6) is 0 Å². The molecule has 1 aliphatic carbocycles. The molecule has 1 saturated carbocycles. The first kappa shape index (κ1) is 14.8. The first-order chi connectivity index (χ1) is 9.29. The summed E-state index contributed by atoms with van der Waals surface area (Å²) in [6.45, 7) is 1.09. The van der Waals surface area contributed by atoms with Crippen LogP contribution >= 0.6 is 0 Å². The summed E-state index contributed by atoms with van der Waals surface area (Å²) in [6.07, 6.45) is -2.74. The average Bonchev–Trinajstić information content (AvgIpc) is 2.88. The molecule has 20 heavy (non-hydrogen) atoms. The van der Waals surface area contributed by atoms with Crippen LogP contribution in [0.25, 0.3) is 0 Å². The highest BCUT2D eigenvalue weighted by atomic mass is 19.4. The van der Waals surface area contributed by atoms with Gasteiger partial charge in [-0.25, -0.2) is 0 Å². The standard InChI is InChI=1S/C13H15F3N2O2/c1-2-7-3-9-10(4-7)12(20)18(11(9)19)6-8(5-17)13(14,15)16/h7-10H,2-4,6H2,1H3. The number of imide groups is 1. The van der Waals surface area contributed by atoms with E-state index in [2.05, 4.69) is 0 Å². The summed E-state index contributed by atoms with van der Waals surface area (Å²) < 4.78 is 37.7. The van der Waals surface area contributed by atoms with Crippen molar-refractivity contribution in [3.8, 4) is 6.07 Å². The largest absolute Gasteiger partial charge is 0.406 e. The van der Waals surface area contributed by atoms with Crippen molar-refractivity contribution in [2.75, 3.05) is 6.54 Å². The zero-order valence-corrected chi connectivity index (χ0v) is 11.0. The van der Waals surface area contributed by atoms with Crippen molar-refractivity contribution >= 4 is 11.8 Å². The van der Waals surface area contributed by atoms with Crippen LogP contribution in [0.2, 0.25) is 0 Å². The lowest BCUT2D eigenvalue weighted by Gasteiger charge is -2.21. The second-order valence-electron chi connectivity index (χ2n) is 5.47. The number of amides is 2. The Balaban J connectivity index is 2.11. The minimum atomic E-state index is -4.72. The van der Waals surface area contributed by atoms with Crippen LogP contribution in [0.3, 0.4) is 0 Å². The van der Waals surface area contributed by atoms with Gasteiger partial charge in [-0.3, -0.25) is 14.5 Å². The van der Waals surface area contributed by atoms with Crippen LogP contribution in [-0.2, 0) is 9.59 Å². The Morgan fingerprint density at radius 2 is 1.80 bits per heavy atom. The second-order valence-corrected chi connectivity index (χ2v) is 5.47. The molecular weight excluding hydrogens is 273 g/mol. The number of likely N-dealkylation sites (tertiary alicyclic amines) is 1. The highest BCUT2D eigenvalue weighted by molar-refractivity contribution is 6.05. The molecule has 4 nitrogen and oxygen atoms in total. The van der Waals surface area contributed by atoms with Gasteiger partial charge in [0.15, 0.2) is 5.92 Å². The molecule has 2 amide bonds.